The van der Waals surface area contributed by atoms with Gasteiger partial charge in [-0.3, -0.25) is 0 Å². The lowest BCUT2D eigenvalue weighted by molar-refractivity contribution is -0.0497. The van der Waals surface area contributed by atoms with E-state index < -0.39 is 0 Å². The third kappa shape index (κ3) is 3.54. The van der Waals surface area contributed by atoms with Gasteiger partial charge in [-0.05, 0) is 84.9 Å². The van der Waals surface area contributed by atoms with Crippen LogP contribution in [0.4, 0.5) is 0 Å². The molecule has 160 valence electrons. The van der Waals surface area contributed by atoms with Crippen LogP contribution in [0.2, 0.25) is 0 Å². The van der Waals surface area contributed by atoms with Gasteiger partial charge in [-0.25, -0.2) is 0 Å². The molecule has 4 aliphatic carbocycles. The van der Waals surface area contributed by atoms with Crippen molar-refractivity contribution in [3.63, 3.8) is 0 Å². The number of fused-ring (bicyclic) bond motifs is 5. The molecule has 0 aromatic heterocycles. The number of hydrogen-bond acceptors (Lipinski definition) is 1. The second-order valence-electron chi connectivity index (χ2n) is 12.2. The maximum Gasteiger partial charge on any atom is -0.00865 e. The van der Waals surface area contributed by atoms with Crippen molar-refractivity contribution in [3.8, 4) is 0 Å². The summed E-state index contributed by atoms with van der Waals surface area (Å²) in [6.07, 6.45) is 18.2. The molecule has 0 bridgehead atoms. The van der Waals surface area contributed by atoms with Gasteiger partial charge >= 0.3 is 0 Å². The first-order valence-electron chi connectivity index (χ1n) is 12.6. The Labute approximate surface area is 181 Å². The molecule has 0 N–H and O–H groups in total. The first-order valence-corrected chi connectivity index (χ1v) is 13.1. The Kier molecular flexibility index (Phi) is 6.07. The Morgan fingerprint density at radius 2 is 1.79 bits per heavy atom. The highest BCUT2D eigenvalue weighted by atomic mass is 32.1. The smallest absolute Gasteiger partial charge is 0.00865 e. The quantitative estimate of drug-likeness (QED) is 0.333. The lowest BCUT2D eigenvalue weighted by atomic mass is 9.47. The van der Waals surface area contributed by atoms with Crippen molar-refractivity contribution in [2.24, 2.45) is 46.3 Å². The molecule has 0 spiro atoms. The van der Waals surface area contributed by atoms with E-state index >= 15 is 0 Å². The van der Waals surface area contributed by atoms with E-state index in [2.05, 4.69) is 40.7 Å². The third-order valence-electron chi connectivity index (χ3n) is 10.3. The van der Waals surface area contributed by atoms with Gasteiger partial charge in [0, 0.05) is 0 Å². The van der Waals surface area contributed by atoms with Crippen LogP contribution in [-0.2, 0) is 12.6 Å². The minimum Gasteiger partial charge on any atom is -0.789 e. The summed E-state index contributed by atoms with van der Waals surface area (Å²) >= 11 is 5.70. The monoisotopic (exact) mass is 401 g/mol. The van der Waals surface area contributed by atoms with Crippen LogP contribution < -0.4 is 0 Å². The fourth-order valence-electron chi connectivity index (χ4n) is 8.65. The fourth-order valence-corrected chi connectivity index (χ4v) is 8.95. The molecule has 0 unspecified atom stereocenters. The summed E-state index contributed by atoms with van der Waals surface area (Å²) in [5, 5.41) is 0.507. The molecule has 8 atom stereocenters. The average Bonchev–Trinajstić information content (AvgIpc) is 2.99. The van der Waals surface area contributed by atoms with Crippen LogP contribution in [0.15, 0.2) is 11.6 Å². The van der Waals surface area contributed by atoms with E-state index in [9.17, 15) is 0 Å². The summed E-state index contributed by atoms with van der Waals surface area (Å²) in [5.41, 5.74) is 2.87. The molecule has 0 aliphatic heterocycles. The molecule has 3 saturated carbocycles. The summed E-state index contributed by atoms with van der Waals surface area (Å²) in [6.45, 7) is 12.7. The molecule has 0 radical (unpaired) electrons. The first-order chi connectivity index (χ1) is 13.3. The van der Waals surface area contributed by atoms with Crippen LogP contribution >= 0.6 is 0 Å². The maximum atomic E-state index is 5.70. The molecule has 0 amide bonds. The van der Waals surface area contributed by atoms with Gasteiger partial charge in [0.2, 0.25) is 0 Å². The Bertz CT molecular complexity index is 591. The second-order valence-corrected chi connectivity index (χ2v) is 12.8. The summed E-state index contributed by atoms with van der Waals surface area (Å²) in [4.78, 5) is 0. The molecule has 0 aromatic carbocycles. The van der Waals surface area contributed by atoms with E-state index in [0.29, 0.717) is 16.1 Å². The standard InChI is InChI=1S/C27H46S/c1-18(2)7-6-8-19(3)23-11-12-24-22-10-9-20-17-21(28)13-15-26(20,4)25(22)14-16-27(23,24)5/h9,18-19,21-25,28H,6-8,10-17H2,1-5H3/p-1/t19-,21-,22-,23-,24-,25+,26+,27-/m0/s1. The van der Waals surface area contributed by atoms with Gasteiger partial charge in [0.15, 0.2) is 0 Å². The van der Waals surface area contributed by atoms with Gasteiger partial charge in [0.1, 0.15) is 0 Å². The molecular weight excluding hydrogens is 356 g/mol. The third-order valence-corrected chi connectivity index (χ3v) is 10.7. The molecule has 0 saturated heterocycles. The van der Waals surface area contributed by atoms with Gasteiger partial charge in [-0.1, -0.05) is 78.4 Å². The average molecular weight is 402 g/mol. The summed E-state index contributed by atoms with van der Waals surface area (Å²) in [5.74, 6) is 5.66. The number of rotatable bonds is 5. The van der Waals surface area contributed by atoms with Crippen LogP contribution in [0.3, 0.4) is 0 Å². The zero-order chi connectivity index (χ0) is 20.1. The van der Waals surface area contributed by atoms with Crippen molar-refractivity contribution in [2.45, 2.75) is 110 Å². The fraction of sp³-hybridized carbons (Fsp3) is 0.926. The summed E-state index contributed by atoms with van der Waals surface area (Å²) in [7, 11) is 0. The summed E-state index contributed by atoms with van der Waals surface area (Å²) in [6, 6.07) is 0. The largest absolute Gasteiger partial charge is 0.789 e. The van der Waals surface area contributed by atoms with Gasteiger partial charge in [-0.2, -0.15) is 5.25 Å². The van der Waals surface area contributed by atoms with Crippen molar-refractivity contribution < 1.29 is 0 Å². The SMILES string of the molecule is CC(C)CCC[C@H](C)[C@@H]1CC[C@H]2[C@@H]3CC=C4C[C@@H]([S-])CC[C@@]4(C)[C@@H]3CC[C@]21C. The van der Waals surface area contributed by atoms with Crippen LogP contribution in [0.25, 0.3) is 0 Å². The topological polar surface area (TPSA) is 0 Å². The van der Waals surface area contributed by atoms with Gasteiger partial charge in [0.05, 0.1) is 0 Å². The van der Waals surface area contributed by atoms with Crippen LogP contribution in [0.5, 0.6) is 0 Å². The van der Waals surface area contributed by atoms with Crippen molar-refractivity contribution in [2.75, 3.05) is 0 Å². The minimum absolute atomic E-state index is 0.487. The Morgan fingerprint density at radius 3 is 2.54 bits per heavy atom. The van der Waals surface area contributed by atoms with Crippen molar-refractivity contribution in [1.82, 2.24) is 0 Å². The number of hydrogen-bond donors (Lipinski definition) is 0. The molecule has 0 nitrogen and oxygen atoms in total. The number of allylic oxidation sites excluding steroid dienone is 2. The minimum atomic E-state index is 0.487. The maximum absolute atomic E-state index is 5.70. The van der Waals surface area contributed by atoms with E-state index in [4.69, 9.17) is 12.6 Å². The van der Waals surface area contributed by atoms with Crippen molar-refractivity contribution in [3.05, 3.63) is 11.6 Å². The Balaban J connectivity index is 1.49. The second kappa shape index (κ2) is 7.97. The van der Waals surface area contributed by atoms with E-state index in [-0.39, 0.29) is 0 Å². The van der Waals surface area contributed by atoms with Crippen molar-refractivity contribution >= 4 is 12.6 Å². The molecule has 4 aliphatic rings. The Hall–Kier alpha value is 0.0900. The normalized spacial score (nSPS) is 46.5. The zero-order valence-electron chi connectivity index (χ0n) is 19.3. The zero-order valence-corrected chi connectivity index (χ0v) is 20.1. The van der Waals surface area contributed by atoms with Crippen LogP contribution in [0.1, 0.15) is 105 Å². The van der Waals surface area contributed by atoms with Crippen molar-refractivity contribution in [1.29, 1.82) is 0 Å². The van der Waals surface area contributed by atoms with E-state index in [1.807, 2.05) is 0 Å². The molecule has 1 heteroatoms. The predicted molar refractivity (Wildman–Crippen MR) is 124 cm³/mol. The Morgan fingerprint density at radius 1 is 1.00 bits per heavy atom. The molecule has 0 heterocycles. The molecule has 4 rings (SSSR count). The van der Waals surface area contributed by atoms with Crippen LogP contribution in [-0.4, -0.2) is 5.25 Å². The summed E-state index contributed by atoms with van der Waals surface area (Å²) < 4.78 is 0. The lowest BCUT2D eigenvalue weighted by Crippen LogP contribution is -2.50. The lowest BCUT2D eigenvalue weighted by Gasteiger charge is -2.59. The van der Waals surface area contributed by atoms with E-state index in [1.54, 1.807) is 5.57 Å². The first kappa shape index (κ1) is 21.3. The predicted octanol–water partition coefficient (Wildman–Crippen LogP) is 7.94. The van der Waals surface area contributed by atoms with Gasteiger partial charge < -0.3 is 12.6 Å². The van der Waals surface area contributed by atoms with Crippen LogP contribution in [0, 0.1) is 46.3 Å². The molecular formula is C27H45S-. The van der Waals surface area contributed by atoms with E-state index in [0.717, 1.165) is 35.5 Å². The van der Waals surface area contributed by atoms with Gasteiger partial charge in [0.25, 0.3) is 0 Å². The molecule has 28 heavy (non-hydrogen) atoms. The highest BCUT2D eigenvalue weighted by molar-refractivity contribution is 7.59. The van der Waals surface area contributed by atoms with Gasteiger partial charge in [-0.15, -0.1) is 0 Å². The highest BCUT2D eigenvalue weighted by Gasteiger charge is 2.58. The molecule has 3 fully saturated rings. The van der Waals surface area contributed by atoms with E-state index in [1.165, 1.54) is 70.6 Å². The molecule has 0 aromatic rings. The highest BCUT2D eigenvalue weighted by Crippen LogP contribution is 2.67.